The number of rotatable bonds is 9. The van der Waals surface area contributed by atoms with Crippen molar-refractivity contribution in [3.63, 3.8) is 0 Å². The predicted octanol–water partition coefficient (Wildman–Crippen LogP) is 5.75. The number of aromatic nitrogens is 2. The summed E-state index contributed by atoms with van der Waals surface area (Å²) in [6, 6.07) is 6.03. The van der Waals surface area contributed by atoms with Gasteiger partial charge in [-0.1, -0.05) is 58.9 Å². The minimum atomic E-state index is -3.95. The molecule has 4 aliphatic rings. The summed E-state index contributed by atoms with van der Waals surface area (Å²) < 4.78 is 35.6. The largest absolute Gasteiger partial charge is 0.471 e. The summed E-state index contributed by atoms with van der Waals surface area (Å²) in [5.74, 6) is -2.07. The summed E-state index contributed by atoms with van der Waals surface area (Å²) in [5.41, 5.74) is -1.79. The van der Waals surface area contributed by atoms with Crippen molar-refractivity contribution in [1.29, 1.82) is 0 Å². The maximum Gasteiger partial charge on any atom is 0.274 e. The number of ether oxygens (including phenoxy) is 1. The first-order valence-electron chi connectivity index (χ1n) is 20.0. The highest BCUT2D eigenvalue weighted by atomic mass is 32.2. The Kier molecular flexibility index (Phi) is 11.3. The van der Waals surface area contributed by atoms with E-state index in [2.05, 4.69) is 16.7 Å². The van der Waals surface area contributed by atoms with Gasteiger partial charge in [0.25, 0.3) is 5.56 Å². The molecule has 0 radical (unpaired) electrons. The summed E-state index contributed by atoms with van der Waals surface area (Å²) in [7, 11) is -3.95. The number of hydrogen-bond donors (Lipinski definition) is 1. The van der Waals surface area contributed by atoms with Crippen LogP contribution in [-0.2, 0) is 35.7 Å². The maximum absolute atomic E-state index is 14.9. The lowest BCUT2D eigenvalue weighted by Crippen LogP contribution is -2.48. The zero-order valence-corrected chi connectivity index (χ0v) is 34.2. The van der Waals surface area contributed by atoms with Gasteiger partial charge in [-0.3, -0.25) is 28.7 Å². The van der Waals surface area contributed by atoms with Gasteiger partial charge >= 0.3 is 0 Å². The molecule has 55 heavy (non-hydrogen) atoms. The first kappa shape index (κ1) is 40.8. The maximum atomic E-state index is 14.9. The molecule has 13 heteroatoms. The van der Waals surface area contributed by atoms with Crippen molar-refractivity contribution in [2.24, 2.45) is 34.5 Å². The summed E-state index contributed by atoms with van der Waals surface area (Å²) in [6.07, 6.45) is 7.01. The summed E-state index contributed by atoms with van der Waals surface area (Å²) in [5, 5.41) is 5.46. The summed E-state index contributed by atoms with van der Waals surface area (Å²) >= 11 is 0. The number of hydrogen-bond acceptors (Lipinski definition) is 9. The third kappa shape index (κ3) is 8.61. The molecule has 12 nitrogen and oxygen atoms in total. The Morgan fingerprint density at radius 2 is 1.75 bits per heavy atom. The summed E-state index contributed by atoms with van der Waals surface area (Å²) in [4.78, 5) is 71.8. The van der Waals surface area contributed by atoms with Gasteiger partial charge in [0.15, 0.2) is 5.78 Å². The molecule has 2 saturated carbocycles. The van der Waals surface area contributed by atoms with E-state index >= 15 is 0 Å². The lowest BCUT2D eigenvalue weighted by Gasteiger charge is -2.32. The lowest BCUT2D eigenvalue weighted by molar-refractivity contribution is -0.145. The number of fused-ring (bicyclic) bond motifs is 3. The molecule has 6 rings (SSSR count). The van der Waals surface area contributed by atoms with Crippen molar-refractivity contribution in [3.05, 3.63) is 46.8 Å². The van der Waals surface area contributed by atoms with Gasteiger partial charge in [-0.05, 0) is 87.7 Å². The standard InChI is InChI=1S/C42H58N4O8S/c1-8-46-38(50)32-16-12-11-15-31(32)36(43-46)54-30-21-34-35(48)24-42(39(51)44-55(52,53)41(7)17-18-41)22-28(42)14-10-9-13-26(2)19-27(3)33(37(49)45(34)25-30)20-29(47)23-40(4,5)6/h10-12,14-16,26-28,30,33-34H,8-9,13,17-25H2,1-7H3,(H,44,51)/b14-10-/t26-,27-,28-,30-,33+,34+,42-/m1/s1. The normalized spacial score (nSPS) is 30.4. The van der Waals surface area contributed by atoms with Crippen molar-refractivity contribution in [3.8, 4) is 5.88 Å². The number of sulfonamides is 1. The monoisotopic (exact) mass is 778 g/mol. The van der Waals surface area contributed by atoms with E-state index in [0.29, 0.717) is 49.4 Å². The smallest absolute Gasteiger partial charge is 0.274 e. The number of carbonyl (C=O) groups is 4. The van der Waals surface area contributed by atoms with Gasteiger partial charge in [0.1, 0.15) is 11.9 Å². The number of ketones is 2. The van der Waals surface area contributed by atoms with E-state index in [1.165, 1.54) is 4.68 Å². The van der Waals surface area contributed by atoms with Crippen molar-refractivity contribution in [2.45, 2.75) is 136 Å². The van der Waals surface area contributed by atoms with Gasteiger partial charge < -0.3 is 9.64 Å². The molecule has 0 spiro atoms. The zero-order valence-electron chi connectivity index (χ0n) is 33.4. The first-order valence-corrected chi connectivity index (χ1v) is 21.5. The highest BCUT2D eigenvalue weighted by Gasteiger charge is 2.62. The Hall–Kier alpha value is -3.87. The van der Waals surface area contributed by atoms with Gasteiger partial charge in [0.05, 0.1) is 33.5 Å². The highest BCUT2D eigenvalue weighted by Crippen LogP contribution is 2.57. The van der Waals surface area contributed by atoms with Gasteiger partial charge in [-0.2, -0.15) is 0 Å². The second kappa shape index (κ2) is 15.2. The molecule has 1 N–H and O–H groups in total. The first-order chi connectivity index (χ1) is 25.8. The van der Waals surface area contributed by atoms with Crippen LogP contribution in [0.4, 0.5) is 0 Å². The molecule has 2 aromatic rings. The average Bonchev–Trinajstić information content (AvgIpc) is 3.99. The Morgan fingerprint density at radius 3 is 2.40 bits per heavy atom. The number of carbonyl (C=O) groups excluding carboxylic acids is 4. The second-order valence-electron chi connectivity index (χ2n) is 18.4. The molecule has 0 bridgehead atoms. The number of benzene rings is 1. The molecule has 300 valence electrons. The number of nitrogens with zero attached hydrogens (tertiary/aromatic N) is 3. The molecular formula is C42H58N4O8S. The van der Waals surface area contributed by atoms with Crippen LogP contribution in [-0.4, -0.2) is 69.9 Å². The van der Waals surface area contributed by atoms with Crippen LogP contribution in [0.3, 0.4) is 0 Å². The number of Topliss-reactive ketones (excluding diaryl/α,β-unsaturated/α-hetero) is 2. The third-order valence-electron chi connectivity index (χ3n) is 12.4. The van der Waals surface area contributed by atoms with Crippen LogP contribution in [0.5, 0.6) is 5.88 Å². The molecular weight excluding hydrogens is 721 g/mol. The third-order valence-corrected chi connectivity index (χ3v) is 14.5. The van der Waals surface area contributed by atoms with Crippen LogP contribution < -0.4 is 15.0 Å². The highest BCUT2D eigenvalue weighted by molar-refractivity contribution is 7.91. The van der Waals surface area contributed by atoms with Crippen molar-refractivity contribution in [1.82, 2.24) is 19.4 Å². The molecule has 1 aromatic heterocycles. The van der Waals surface area contributed by atoms with Gasteiger partial charge in [0, 0.05) is 38.1 Å². The van der Waals surface area contributed by atoms with Crippen LogP contribution in [0.1, 0.15) is 113 Å². The Balaban J connectivity index is 1.37. The van der Waals surface area contributed by atoms with E-state index in [9.17, 15) is 32.4 Å². The lowest BCUT2D eigenvalue weighted by atomic mass is 9.79. The number of amides is 2. The molecule has 3 heterocycles. The van der Waals surface area contributed by atoms with Crippen LogP contribution in [0, 0.1) is 34.5 Å². The Morgan fingerprint density at radius 1 is 1.05 bits per heavy atom. The fourth-order valence-electron chi connectivity index (χ4n) is 8.66. The number of aryl methyl sites for hydroxylation is 1. The van der Waals surface area contributed by atoms with E-state index in [-0.39, 0.29) is 77.9 Å². The molecule has 3 fully saturated rings. The van der Waals surface area contributed by atoms with Crippen LogP contribution in [0.25, 0.3) is 10.8 Å². The SMILES string of the molecule is CCn1nc(O[C@@H]2C[C@H]3C(=O)C[C@]4(C(=O)NS(=O)(=O)C5(C)CC5)C[C@H]4/C=C\CC[C@@H](C)C[C@@H](C)[C@H](CC(=O)CC(C)(C)C)C(=O)N3C2)c2ccccc2c1=O. The van der Waals surface area contributed by atoms with E-state index in [4.69, 9.17) is 4.74 Å². The minimum Gasteiger partial charge on any atom is -0.471 e. The van der Waals surface area contributed by atoms with E-state index in [0.717, 1.165) is 12.8 Å². The minimum absolute atomic E-state index is 0.0133. The van der Waals surface area contributed by atoms with E-state index < -0.39 is 44.2 Å². The number of nitrogens with one attached hydrogen (secondary N) is 1. The van der Waals surface area contributed by atoms with Gasteiger partial charge in [0.2, 0.25) is 27.7 Å². The van der Waals surface area contributed by atoms with E-state index in [1.807, 2.05) is 46.8 Å². The van der Waals surface area contributed by atoms with Crippen LogP contribution >= 0.6 is 0 Å². The van der Waals surface area contributed by atoms with Crippen molar-refractivity contribution in [2.75, 3.05) is 6.54 Å². The average molecular weight is 779 g/mol. The molecule has 1 aromatic carbocycles. The van der Waals surface area contributed by atoms with Crippen LogP contribution in [0.2, 0.25) is 0 Å². The van der Waals surface area contributed by atoms with Crippen molar-refractivity contribution >= 4 is 44.2 Å². The summed E-state index contributed by atoms with van der Waals surface area (Å²) in [6.45, 7) is 13.9. The molecule has 2 amide bonds. The topological polar surface area (TPSA) is 162 Å². The molecule has 0 unspecified atom stereocenters. The fourth-order valence-corrected chi connectivity index (χ4v) is 9.99. The van der Waals surface area contributed by atoms with Crippen LogP contribution in [0.15, 0.2) is 41.2 Å². The Labute approximate surface area is 324 Å². The molecule has 7 atom stereocenters. The fraction of sp³-hybridized carbons (Fsp3) is 0.667. The van der Waals surface area contributed by atoms with Crippen molar-refractivity contribution < 1.29 is 32.3 Å². The molecule has 2 aliphatic heterocycles. The zero-order chi connectivity index (χ0) is 40.1. The van der Waals surface area contributed by atoms with Gasteiger partial charge in [-0.15, -0.1) is 5.10 Å². The second-order valence-corrected chi connectivity index (χ2v) is 20.6. The van der Waals surface area contributed by atoms with Gasteiger partial charge in [-0.25, -0.2) is 13.1 Å². The predicted molar refractivity (Wildman–Crippen MR) is 210 cm³/mol. The molecule has 2 aliphatic carbocycles. The quantitative estimate of drug-likeness (QED) is 0.313. The molecule has 1 saturated heterocycles. The van der Waals surface area contributed by atoms with E-state index in [1.54, 1.807) is 36.1 Å². The Bertz CT molecular complexity index is 2050. The number of allylic oxidation sites excluding steroid dienone is 2.